The summed E-state index contributed by atoms with van der Waals surface area (Å²) in [6.07, 6.45) is 8.01. The van der Waals surface area contributed by atoms with E-state index in [0.717, 1.165) is 0 Å². The molecule has 0 rings (SSSR count). The van der Waals surface area contributed by atoms with E-state index >= 15 is 0 Å². The zero-order valence-electron chi connectivity index (χ0n) is 9.22. The maximum absolute atomic E-state index is 4.00. The molecule has 0 heteroatoms. The van der Waals surface area contributed by atoms with Gasteiger partial charge in [0.25, 0.3) is 0 Å². The molecule has 0 radical (unpaired) electrons. The summed E-state index contributed by atoms with van der Waals surface area (Å²) < 4.78 is 0. The van der Waals surface area contributed by atoms with Crippen molar-refractivity contribution in [2.24, 2.45) is 5.41 Å². The lowest BCUT2D eigenvalue weighted by molar-refractivity contribution is 0.554. The highest BCUT2D eigenvalue weighted by molar-refractivity contribution is 5.35. The monoisotopic (exact) mass is 176 g/mol. The van der Waals surface area contributed by atoms with Gasteiger partial charge in [0.15, 0.2) is 0 Å². The Kier molecular flexibility index (Phi) is 4.47. The second-order valence-corrected chi connectivity index (χ2v) is 3.76. The van der Waals surface area contributed by atoms with Crippen LogP contribution in [0.3, 0.4) is 0 Å². The van der Waals surface area contributed by atoms with Crippen LogP contribution in [0.4, 0.5) is 0 Å². The van der Waals surface area contributed by atoms with Crippen molar-refractivity contribution in [3.63, 3.8) is 0 Å². The SMILES string of the molecule is C=C/C=C(\C=C/C)C(C)(C)C(=C)C. The van der Waals surface area contributed by atoms with E-state index in [9.17, 15) is 0 Å². The minimum absolute atomic E-state index is 0.0285. The summed E-state index contributed by atoms with van der Waals surface area (Å²) in [6.45, 7) is 16.1. The Morgan fingerprint density at radius 1 is 1.31 bits per heavy atom. The van der Waals surface area contributed by atoms with Crippen molar-refractivity contribution < 1.29 is 0 Å². The smallest absolute Gasteiger partial charge is 0.00995 e. The molecule has 0 aliphatic rings. The minimum Gasteiger partial charge on any atom is -0.0993 e. The van der Waals surface area contributed by atoms with Gasteiger partial charge in [0, 0.05) is 5.41 Å². The molecule has 0 bridgehead atoms. The molecule has 0 saturated carbocycles. The zero-order valence-corrected chi connectivity index (χ0v) is 9.22. The van der Waals surface area contributed by atoms with Crippen LogP contribution in [0.1, 0.15) is 27.7 Å². The van der Waals surface area contributed by atoms with Gasteiger partial charge in [-0.25, -0.2) is 0 Å². The van der Waals surface area contributed by atoms with Crippen LogP contribution in [0, 0.1) is 5.41 Å². The summed E-state index contributed by atoms with van der Waals surface area (Å²) in [5.74, 6) is 0. The van der Waals surface area contributed by atoms with Crippen LogP contribution in [-0.4, -0.2) is 0 Å². The Labute approximate surface area is 82.4 Å². The summed E-state index contributed by atoms with van der Waals surface area (Å²) in [5, 5.41) is 0. The fraction of sp³-hybridized carbons (Fsp3) is 0.385. The van der Waals surface area contributed by atoms with E-state index in [4.69, 9.17) is 0 Å². The minimum atomic E-state index is 0.0285. The fourth-order valence-corrected chi connectivity index (χ4v) is 1.03. The van der Waals surface area contributed by atoms with Crippen LogP contribution in [0.25, 0.3) is 0 Å². The highest BCUT2D eigenvalue weighted by Crippen LogP contribution is 2.34. The lowest BCUT2D eigenvalue weighted by atomic mass is 9.78. The van der Waals surface area contributed by atoms with E-state index in [-0.39, 0.29) is 5.41 Å². The molecule has 0 N–H and O–H groups in total. The van der Waals surface area contributed by atoms with Gasteiger partial charge < -0.3 is 0 Å². The molecule has 13 heavy (non-hydrogen) atoms. The molecule has 0 saturated heterocycles. The molecule has 0 aliphatic heterocycles. The van der Waals surface area contributed by atoms with Crippen molar-refractivity contribution in [1.29, 1.82) is 0 Å². The molecule has 0 aromatic carbocycles. The molecule has 0 aromatic heterocycles. The topological polar surface area (TPSA) is 0 Å². The summed E-state index contributed by atoms with van der Waals surface area (Å²) in [6, 6.07) is 0. The van der Waals surface area contributed by atoms with Crippen LogP contribution in [-0.2, 0) is 0 Å². The van der Waals surface area contributed by atoms with Crippen LogP contribution in [0.15, 0.2) is 48.6 Å². The third-order valence-corrected chi connectivity index (χ3v) is 2.43. The normalized spacial score (nSPS) is 13.4. The van der Waals surface area contributed by atoms with E-state index in [0.29, 0.717) is 0 Å². The molecule has 0 atom stereocenters. The van der Waals surface area contributed by atoms with Crippen LogP contribution >= 0.6 is 0 Å². The first-order valence-corrected chi connectivity index (χ1v) is 4.58. The molecule has 0 amide bonds. The Hall–Kier alpha value is -1.04. The van der Waals surface area contributed by atoms with Gasteiger partial charge in [0.2, 0.25) is 0 Å². The van der Waals surface area contributed by atoms with Crippen molar-refractivity contribution in [3.05, 3.63) is 48.6 Å². The van der Waals surface area contributed by atoms with Gasteiger partial charge in [0.1, 0.15) is 0 Å². The van der Waals surface area contributed by atoms with Gasteiger partial charge in [-0.1, -0.05) is 56.9 Å². The van der Waals surface area contributed by atoms with Crippen LogP contribution in [0.5, 0.6) is 0 Å². The van der Waals surface area contributed by atoms with Crippen molar-refractivity contribution in [2.45, 2.75) is 27.7 Å². The van der Waals surface area contributed by atoms with Crippen molar-refractivity contribution in [1.82, 2.24) is 0 Å². The predicted molar refractivity (Wildman–Crippen MR) is 61.7 cm³/mol. The Balaban J connectivity index is 5.05. The first kappa shape index (κ1) is 12.0. The number of hydrogen-bond donors (Lipinski definition) is 0. The van der Waals surface area contributed by atoms with Crippen LogP contribution in [0.2, 0.25) is 0 Å². The Bertz CT molecular complexity index is 249. The van der Waals surface area contributed by atoms with E-state index in [2.05, 4.69) is 40.0 Å². The average Bonchev–Trinajstić information content (AvgIpc) is 2.03. The Morgan fingerprint density at radius 3 is 2.15 bits per heavy atom. The largest absolute Gasteiger partial charge is 0.0993 e. The molecule has 0 unspecified atom stereocenters. The second kappa shape index (κ2) is 4.86. The van der Waals surface area contributed by atoms with Crippen molar-refractivity contribution >= 4 is 0 Å². The lowest BCUT2D eigenvalue weighted by Crippen LogP contribution is -2.14. The average molecular weight is 176 g/mol. The number of allylic oxidation sites excluding steroid dienone is 6. The summed E-state index contributed by atoms with van der Waals surface area (Å²) in [5.41, 5.74) is 2.44. The van der Waals surface area contributed by atoms with Gasteiger partial charge >= 0.3 is 0 Å². The highest BCUT2D eigenvalue weighted by atomic mass is 14.2. The number of hydrogen-bond acceptors (Lipinski definition) is 0. The molecular formula is C13H20. The molecule has 0 spiro atoms. The molecule has 0 heterocycles. The second-order valence-electron chi connectivity index (χ2n) is 3.76. The third kappa shape index (κ3) is 3.06. The van der Waals surface area contributed by atoms with Crippen molar-refractivity contribution in [3.8, 4) is 0 Å². The predicted octanol–water partition coefficient (Wildman–Crippen LogP) is 4.28. The quantitative estimate of drug-likeness (QED) is 0.443. The molecular weight excluding hydrogens is 156 g/mol. The maximum atomic E-state index is 4.00. The summed E-state index contributed by atoms with van der Waals surface area (Å²) in [7, 11) is 0. The molecule has 0 aliphatic carbocycles. The number of rotatable bonds is 4. The Morgan fingerprint density at radius 2 is 1.85 bits per heavy atom. The summed E-state index contributed by atoms with van der Waals surface area (Å²) >= 11 is 0. The first-order valence-electron chi connectivity index (χ1n) is 4.58. The van der Waals surface area contributed by atoms with E-state index < -0.39 is 0 Å². The fourth-order valence-electron chi connectivity index (χ4n) is 1.03. The van der Waals surface area contributed by atoms with Crippen LogP contribution < -0.4 is 0 Å². The van der Waals surface area contributed by atoms with Gasteiger partial charge in [-0.3, -0.25) is 0 Å². The molecule has 72 valence electrons. The van der Waals surface area contributed by atoms with Gasteiger partial charge in [-0.05, 0) is 19.4 Å². The van der Waals surface area contributed by atoms with E-state index in [1.54, 1.807) is 0 Å². The van der Waals surface area contributed by atoms with Gasteiger partial charge in [0.05, 0.1) is 0 Å². The summed E-state index contributed by atoms with van der Waals surface area (Å²) in [4.78, 5) is 0. The van der Waals surface area contributed by atoms with Gasteiger partial charge in [-0.15, -0.1) is 0 Å². The molecule has 0 fully saturated rings. The highest BCUT2D eigenvalue weighted by Gasteiger charge is 2.21. The van der Waals surface area contributed by atoms with E-state index in [1.807, 2.05) is 25.2 Å². The third-order valence-electron chi connectivity index (χ3n) is 2.43. The first-order chi connectivity index (χ1) is 5.96. The van der Waals surface area contributed by atoms with Crippen molar-refractivity contribution in [2.75, 3.05) is 0 Å². The lowest BCUT2D eigenvalue weighted by Gasteiger charge is -2.26. The van der Waals surface area contributed by atoms with Gasteiger partial charge in [-0.2, -0.15) is 0 Å². The zero-order chi connectivity index (χ0) is 10.5. The van der Waals surface area contributed by atoms with E-state index in [1.165, 1.54) is 11.1 Å². The maximum Gasteiger partial charge on any atom is 0.00995 e. The standard InChI is InChI=1S/C13H20/c1-7-9-12(10-8-2)13(5,6)11(3)4/h7-10H,1,3H2,2,4-6H3/b10-8-,12-9+. The molecule has 0 nitrogen and oxygen atoms in total. The molecule has 0 aromatic rings.